The molecule has 15 heavy (non-hydrogen) atoms. The number of hydrogen-bond donors (Lipinski definition) is 2. The number of aliphatic hydroxyl groups is 1. The highest BCUT2D eigenvalue weighted by Crippen LogP contribution is 2.34. The van der Waals surface area contributed by atoms with Gasteiger partial charge in [-0.25, -0.2) is 0 Å². The van der Waals surface area contributed by atoms with E-state index in [1.54, 1.807) is 0 Å². The van der Waals surface area contributed by atoms with Crippen molar-refractivity contribution in [3.05, 3.63) is 0 Å². The number of nitrogens with one attached hydrogen (secondary N) is 1. The third-order valence-electron chi connectivity index (χ3n) is 3.44. The van der Waals surface area contributed by atoms with E-state index in [2.05, 4.69) is 19.2 Å². The highest BCUT2D eigenvalue weighted by molar-refractivity contribution is 4.83. The second-order valence-corrected chi connectivity index (χ2v) is 5.90. The first-order chi connectivity index (χ1) is 6.99. The van der Waals surface area contributed by atoms with Gasteiger partial charge in [-0.2, -0.15) is 0 Å². The van der Waals surface area contributed by atoms with Crippen molar-refractivity contribution in [2.45, 2.75) is 71.4 Å². The molecule has 1 rings (SSSR count). The van der Waals surface area contributed by atoms with Gasteiger partial charge in [0.2, 0.25) is 0 Å². The van der Waals surface area contributed by atoms with Gasteiger partial charge in [0.15, 0.2) is 0 Å². The third-order valence-corrected chi connectivity index (χ3v) is 3.44. The number of hydrogen-bond acceptors (Lipinski definition) is 2. The molecule has 0 amide bonds. The molecule has 1 saturated carbocycles. The Morgan fingerprint density at radius 1 is 1.47 bits per heavy atom. The summed E-state index contributed by atoms with van der Waals surface area (Å²) in [5.74, 6) is 0. The van der Waals surface area contributed by atoms with E-state index < -0.39 is 0 Å². The number of rotatable bonds is 5. The maximum absolute atomic E-state index is 9.14. The van der Waals surface area contributed by atoms with Gasteiger partial charge in [0, 0.05) is 6.04 Å². The molecule has 0 radical (unpaired) electrons. The van der Waals surface area contributed by atoms with Gasteiger partial charge < -0.3 is 10.4 Å². The van der Waals surface area contributed by atoms with E-state index in [1.807, 2.05) is 6.92 Å². The van der Waals surface area contributed by atoms with Crippen LogP contribution in [0.15, 0.2) is 0 Å². The zero-order chi connectivity index (χ0) is 11.3. The monoisotopic (exact) mass is 213 g/mol. The van der Waals surface area contributed by atoms with Gasteiger partial charge in [-0.3, -0.25) is 0 Å². The van der Waals surface area contributed by atoms with Crippen molar-refractivity contribution in [1.82, 2.24) is 5.32 Å². The van der Waals surface area contributed by atoms with E-state index in [1.165, 1.54) is 25.7 Å². The molecule has 2 N–H and O–H groups in total. The van der Waals surface area contributed by atoms with Crippen LogP contribution in [-0.2, 0) is 0 Å². The summed E-state index contributed by atoms with van der Waals surface area (Å²) in [5, 5.41) is 12.8. The van der Waals surface area contributed by atoms with E-state index in [9.17, 15) is 0 Å². The molecule has 0 heterocycles. The molecule has 1 fully saturated rings. The molecular formula is C13H27NO. The standard InChI is InChI=1S/C13H27NO/c1-11(15)6-5-9-14-12-7-4-8-13(2,3)10-12/h11-12,14-15H,4-10H2,1-3H3. The summed E-state index contributed by atoms with van der Waals surface area (Å²) in [5.41, 5.74) is 0.528. The minimum absolute atomic E-state index is 0.144. The number of aliphatic hydroxyl groups excluding tert-OH is 1. The Hall–Kier alpha value is -0.0800. The van der Waals surface area contributed by atoms with E-state index >= 15 is 0 Å². The van der Waals surface area contributed by atoms with Crippen LogP contribution in [-0.4, -0.2) is 23.8 Å². The fourth-order valence-electron chi connectivity index (χ4n) is 2.58. The minimum Gasteiger partial charge on any atom is -0.393 e. The molecule has 0 aromatic rings. The van der Waals surface area contributed by atoms with Crippen LogP contribution >= 0.6 is 0 Å². The topological polar surface area (TPSA) is 32.3 Å². The third kappa shape index (κ3) is 5.53. The molecule has 0 spiro atoms. The maximum atomic E-state index is 9.14. The average Bonchev–Trinajstić information content (AvgIpc) is 2.10. The van der Waals surface area contributed by atoms with Crippen molar-refractivity contribution in [2.24, 2.45) is 5.41 Å². The lowest BCUT2D eigenvalue weighted by atomic mass is 9.75. The minimum atomic E-state index is -0.144. The van der Waals surface area contributed by atoms with Crippen molar-refractivity contribution in [2.75, 3.05) is 6.54 Å². The molecule has 2 heteroatoms. The highest BCUT2D eigenvalue weighted by atomic mass is 16.3. The first kappa shape index (κ1) is 13.0. The second-order valence-electron chi connectivity index (χ2n) is 5.90. The quantitative estimate of drug-likeness (QED) is 0.688. The Bertz CT molecular complexity index is 177. The summed E-state index contributed by atoms with van der Waals surface area (Å²) in [6.07, 6.45) is 7.24. The molecule has 1 aliphatic carbocycles. The van der Waals surface area contributed by atoms with Crippen LogP contribution in [0, 0.1) is 5.41 Å². The van der Waals surface area contributed by atoms with Crippen molar-refractivity contribution in [3.8, 4) is 0 Å². The van der Waals surface area contributed by atoms with Crippen molar-refractivity contribution in [3.63, 3.8) is 0 Å². The normalized spacial score (nSPS) is 27.6. The van der Waals surface area contributed by atoms with E-state index in [0.717, 1.165) is 19.4 Å². The Morgan fingerprint density at radius 3 is 2.80 bits per heavy atom. The van der Waals surface area contributed by atoms with Gasteiger partial charge in [0.1, 0.15) is 0 Å². The fraction of sp³-hybridized carbons (Fsp3) is 1.00. The van der Waals surface area contributed by atoms with Gasteiger partial charge in [-0.15, -0.1) is 0 Å². The largest absolute Gasteiger partial charge is 0.393 e. The van der Waals surface area contributed by atoms with Crippen LogP contribution in [0.4, 0.5) is 0 Å². The lowest BCUT2D eigenvalue weighted by Gasteiger charge is -2.35. The van der Waals surface area contributed by atoms with Gasteiger partial charge in [-0.05, 0) is 51.0 Å². The molecule has 2 nitrogen and oxygen atoms in total. The zero-order valence-electron chi connectivity index (χ0n) is 10.6. The van der Waals surface area contributed by atoms with E-state index in [4.69, 9.17) is 5.11 Å². The first-order valence-electron chi connectivity index (χ1n) is 6.41. The van der Waals surface area contributed by atoms with Crippen LogP contribution in [0.1, 0.15) is 59.3 Å². The van der Waals surface area contributed by atoms with Crippen LogP contribution in [0.2, 0.25) is 0 Å². The lowest BCUT2D eigenvalue weighted by Crippen LogP contribution is -2.37. The Labute approximate surface area is 94.5 Å². The molecule has 1 aliphatic rings. The SMILES string of the molecule is CC(O)CCCNC1CCCC(C)(C)C1. The summed E-state index contributed by atoms with van der Waals surface area (Å²) in [6.45, 7) is 7.67. The summed E-state index contributed by atoms with van der Waals surface area (Å²) < 4.78 is 0. The lowest BCUT2D eigenvalue weighted by molar-refractivity contribution is 0.174. The zero-order valence-corrected chi connectivity index (χ0v) is 10.6. The van der Waals surface area contributed by atoms with Crippen LogP contribution in [0.5, 0.6) is 0 Å². The predicted molar refractivity (Wildman–Crippen MR) is 65.0 cm³/mol. The van der Waals surface area contributed by atoms with Gasteiger partial charge in [0.25, 0.3) is 0 Å². The summed E-state index contributed by atoms with van der Waals surface area (Å²) >= 11 is 0. The van der Waals surface area contributed by atoms with Crippen molar-refractivity contribution >= 4 is 0 Å². The Balaban J connectivity index is 2.11. The highest BCUT2D eigenvalue weighted by Gasteiger charge is 2.27. The summed E-state index contributed by atoms with van der Waals surface area (Å²) in [7, 11) is 0. The molecule has 0 aromatic heterocycles. The second kappa shape index (κ2) is 5.86. The van der Waals surface area contributed by atoms with Crippen molar-refractivity contribution in [1.29, 1.82) is 0 Å². The van der Waals surface area contributed by atoms with Crippen molar-refractivity contribution < 1.29 is 5.11 Å². The Kier molecular flexibility index (Phi) is 5.07. The molecule has 0 aromatic carbocycles. The molecule has 0 bridgehead atoms. The van der Waals surface area contributed by atoms with E-state index in [0.29, 0.717) is 11.5 Å². The Morgan fingerprint density at radius 2 is 2.20 bits per heavy atom. The van der Waals surface area contributed by atoms with E-state index in [-0.39, 0.29) is 6.10 Å². The molecule has 0 saturated heterocycles. The van der Waals surface area contributed by atoms with Gasteiger partial charge in [-0.1, -0.05) is 20.3 Å². The van der Waals surface area contributed by atoms with Gasteiger partial charge >= 0.3 is 0 Å². The molecule has 90 valence electrons. The van der Waals surface area contributed by atoms with Crippen LogP contribution < -0.4 is 5.32 Å². The van der Waals surface area contributed by atoms with Gasteiger partial charge in [0.05, 0.1) is 6.10 Å². The molecule has 2 unspecified atom stereocenters. The van der Waals surface area contributed by atoms with Crippen LogP contribution in [0.3, 0.4) is 0 Å². The molecule has 0 aliphatic heterocycles. The summed E-state index contributed by atoms with van der Waals surface area (Å²) in [6, 6.07) is 0.711. The maximum Gasteiger partial charge on any atom is 0.0512 e. The summed E-state index contributed by atoms with van der Waals surface area (Å²) in [4.78, 5) is 0. The van der Waals surface area contributed by atoms with Crippen LogP contribution in [0.25, 0.3) is 0 Å². The average molecular weight is 213 g/mol. The smallest absolute Gasteiger partial charge is 0.0512 e. The fourth-order valence-corrected chi connectivity index (χ4v) is 2.58. The molecular weight excluding hydrogens is 186 g/mol. The predicted octanol–water partition coefficient (Wildman–Crippen LogP) is 2.71. The molecule has 2 atom stereocenters. The first-order valence-corrected chi connectivity index (χ1v) is 6.41.